The number of hydrogen-bond acceptors (Lipinski definition) is 7. The molecule has 0 aliphatic carbocycles. The van der Waals surface area contributed by atoms with Gasteiger partial charge in [-0.15, -0.1) is 11.3 Å². The Hall–Kier alpha value is -2.10. The summed E-state index contributed by atoms with van der Waals surface area (Å²) in [5, 5.41) is 5.89. The van der Waals surface area contributed by atoms with Gasteiger partial charge in [0.15, 0.2) is 15.0 Å². The third-order valence-electron chi connectivity index (χ3n) is 3.06. The second-order valence-corrected chi connectivity index (χ2v) is 9.14. The number of thiazole rings is 2. The maximum atomic E-state index is 11.9. The quantitative estimate of drug-likeness (QED) is 0.704. The van der Waals surface area contributed by atoms with Crippen molar-refractivity contribution in [3.05, 3.63) is 40.4 Å². The first-order chi connectivity index (χ1) is 11.3. The van der Waals surface area contributed by atoms with Gasteiger partial charge in [-0.25, -0.2) is 18.4 Å². The lowest BCUT2D eigenvalue weighted by molar-refractivity contribution is -0.111. The zero-order chi connectivity index (χ0) is 17.3. The molecule has 0 spiro atoms. The Morgan fingerprint density at radius 1 is 1.29 bits per heavy atom. The lowest BCUT2D eigenvalue weighted by Gasteiger charge is -1.96. The normalized spacial score (nSPS) is 12.1. The van der Waals surface area contributed by atoms with Crippen LogP contribution >= 0.6 is 22.7 Å². The van der Waals surface area contributed by atoms with Crippen LogP contribution in [0.25, 0.3) is 16.3 Å². The molecule has 0 aliphatic rings. The lowest BCUT2D eigenvalue weighted by atomic mass is 10.3. The van der Waals surface area contributed by atoms with Crippen molar-refractivity contribution >= 4 is 59.8 Å². The van der Waals surface area contributed by atoms with Gasteiger partial charge in [-0.1, -0.05) is 11.3 Å². The Labute approximate surface area is 146 Å². The third kappa shape index (κ3) is 3.86. The van der Waals surface area contributed by atoms with Crippen LogP contribution < -0.4 is 5.32 Å². The largest absolute Gasteiger partial charge is 0.298 e. The summed E-state index contributed by atoms with van der Waals surface area (Å²) in [7, 11) is -3.27. The van der Waals surface area contributed by atoms with E-state index in [9.17, 15) is 13.2 Å². The highest BCUT2D eigenvalue weighted by Gasteiger charge is 2.11. The topological polar surface area (TPSA) is 89.0 Å². The number of hydrogen-bond donors (Lipinski definition) is 1. The minimum absolute atomic E-state index is 0.232. The number of anilines is 1. The molecular weight excluding hydrogens is 366 g/mol. The Balaban J connectivity index is 1.77. The maximum Gasteiger partial charge on any atom is 0.250 e. The molecule has 0 aliphatic heterocycles. The second kappa shape index (κ2) is 6.42. The van der Waals surface area contributed by atoms with Gasteiger partial charge in [0.2, 0.25) is 5.91 Å². The smallest absolute Gasteiger partial charge is 0.250 e. The van der Waals surface area contributed by atoms with Crippen LogP contribution in [0.1, 0.15) is 10.7 Å². The Kier molecular flexibility index (Phi) is 4.48. The zero-order valence-corrected chi connectivity index (χ0v) is 15.3. The molecule has 3 aromatic rings. The molecule has 124 valence electrons. The van der Waals surface area contributed by atoms with E-state index in [1.165, 1.54) is 34.8 Å². The van der Waals surface area contributed by atoms with Gasteiger partial charge in [-0.05, 0) is 31.2 Å². The molecule has 0 fully saturated rings. The summed E-state index contributed by atoms with van der Waals surface area (Å²) in [6.45, 7) is 1.90. The van der Waals surface area contributed by atoms with E-state index in [4.69, 9.17) is 0 Å². The molecule has 0 saturated carbocycles. The van der Waals surface area contributed by atoms with Crippen molar-refractivity contribution in [2.45, 2.75) is 11.8 Å². The summed E-state index contributed by atoms with van der Waals surface area (Å²) < 4.78 is 23.9. The molecule has 0 atom stereocenters. The van der Waals surface area contributed by atoms with E-state index < -0.39 is 9.84 Å². The van der Waals surface area contributed by atoms with Gasteiger partial charge < -0.3 is 0 Å². The van der Waals surface area contributed by atoms with Crippen LogP contribution in [0.5, 0.6) is 0 Å². The van der Waals surface area contributed by atoms with E-state index in [0.29, 0.717) is 15.3 Å². The molecule has 1 aromatic carbocycles. The van der Waals surface area contributed by atoms with Gasteiger partial charge in [-0.2, -0.15) is 0 Å². The monoisotopic (exact) mass is 379 g/mol. The molecule has 0 bridgehead atoms. The Morgan fingerprint density at radius 2 is 2.08 bits per heavy atom. The SMILES string of the molecule is Cc1nc(/C=C/C(=O)Nc2nc3ccc(S(C)(=O)=O)cc3s2)cs1. The third-order valence-corrected chi connectivity index (χ3v) is 5.90. The van der Waals surface area contributed by atoms with Crippen LogP contribution in [-0.4, -0.2) is 30.5 Å². The number of nitrogens with zero attached hydrogens (tertiary/aromatic N) is 2. The van der Waals surface area contributed by atoms with Crippen LogP contribution in [0.15, 0.2) is 34.6 Å². The fourth-order valence-electron chi connectivity index (χ4n) is 1.95. The predicted molar refractivity (Wildman–Crippen MR) is 97.2 cm³/mol. The summed E-state index contributed by atoms with van der Waals surface area (Å²) >= 11 is 2.74. The first-order valence-electron chi connectivity index (χ1n) is 6.83. The zero-order valence-electron chi connectivity index (χ0n) is 12.8. The minimum Gasteiger partial charge on any atom is -0.298 e. The molecule has 6 nitrogen and oxygen atoms in total. The molecular formula is C15H13N3O3S3. The van der Waals surface area contributed by atoms with Crippen LogP contribution in [0.2, 0.25) is 0 Å². The van der Waals surface area contributed by atoms with E-state index in [2.05, 4.69) is 15.3 Å². The average molecular weight is 379 g/mol. The number of amides is 1. The number of sulfone groups is 1. The molecule has 2 heterocycles. The van der Waals surface area contributed by atoms with Crippen molar-refractivity contribution in [3.8, 4) is 0 Å². The second-order valence-electron chi connectivity index (χ2n) is 5.03. The summed E-state index contributed by atoms with van der Waals surface area (Å²) in [6, 6.07) is 4.70. The summed E-state index contributed by atoms with van der Waals surface area (Å²) in [4.78, 5) is 20.7. The average Bonchev–Trinajstić information content (AvgIpc) is 3.08. The van der Waals surface area contributed by atoms with Crippen LogP contribution in [0.3, 0.4) is 0 Å². The van der Waals surface area contributed by atoms with Crippen LogP contribution in [-0.2, 0) is 14.6 Å². The standard InChI is InChI=1S/C15H13N3O3S3/c1-9-16-10(8-22-9)3-6-14(19)18-15-17-12-5-4-11(24(2,20)21)7-13(12)23-15/h3-8H,1-2H3,(H,17,18,19)/b6-3+. The van der Waals surface area contributed by atoms with Crippen molar-refractivity contribution < 1.29 is 13.2 Å². The lowest BCUT2D eigenvalue weighted by Crippen LogP contribution is -2.07. The van der Waals surface area contributed by atoms with E-state index in [1.54, 1.807) is 18.2 Å². The highest BCUT2D eigenvalue weighted by molar-refractivity contribution is 7.90. The van der Waals surface area contributed by atoms with Gasteiger partial charge in [0, 0.05) is 17.7 Å². The summed E-state index contributed by atoms with van der Waals surface area (Å²) in [5.41, 5.74) is 1.37. The number of fused-ring (bicyclic) bond motifs is 1. The maximum absolute atomic E-state index is 11.9. The molecule has 0 unspecified atom stereocenters. The van der Waals surface area contributed by atoms with Crippen LogP contribution in [0, 0.1) is 6.92 Å². The first-order valence-corrected chi connectivity index (χ1v) is 10.4. The molecule has 2 aromatic heterocycles. The van der Waals surface area contributed by atoms with Gasteiger partial charge in [-0.3, -0.25) is 10.1 Å². The molecule has 24 heavy (non-hydrogen) atoms. The van der Waals surface area contributed by atoms with Crippen molar-refractivity contribution in [1.29, 1.82) is 0 Å². The number of aromatic nitrogens is 2. The molecule has 1 N–H and O–H groups in total. The number of aryl methyl sites for hydroxylation is 1. The molecule has 0 radical (unpaired) electrons. The number of carbonyl (C=O) groups excluding carboxylic acids is 1. The number of nitrogens with one attached hydrogen (secondary N) is 1. The molecule has 3 rings (SSSR count). The van der Waals surface area contributed by atoms with Crippen molar-refractivity contribution in [1.82, 2.24) is 9.97 Å². The van der Waals surface area contributed by atoms with E-state index in [1.807, 2.05) is 12.3 Å². The number of carbonyl (C=O) groups is 1. The number of rotatable bonds is 4. The number of benzene rings is 1. The van der Waals surface area contributed by atoms with Gasteiger partial charge in [0.05, 0.1) is 25.8 Å². The molecule has 9 heteroatoms. The fraction of sp³-hybridized carbons (Fsp3) is 0.133. The highest BCUT2D eigenvalue weighted by Crippen LogP contribution is 2.28. The first kappa shape index (κ1) is 16.7. The van der Waals surface area contributed by atoms with Gasteiger partial charge in [0.25, 0.3) is 0 Å². The Morgan fingerprint density at radius 3 is 2.75 bits per heavy atom. The molecule has 1 amide bonds. The van der Waals surface area contributed by atoms with Crippen molar-refractivity contribution in [3.63, 3.8) is 0 Å². The van der Waals surface area contributed by atoms with Crippen molar-refractivity contribution in [2.75, 3.05) is 11.6 Å². The van der Waals surface area contributed by atoms with Crippen molar-refractivity contribution in [2.24, 2.45) is 0 Å². The predicted octanol–water partition coefficient (Wildman–Crippen LogP) is 3.12. The fourth-order valence-corrected chi connectivity index (χ4v) is 4.16. The van der Waals surface area contributed by atoms with Gasteiger partial charge >= 0.3 is 0 Å². The van der Waals surface area contributed by atoms with E-state index >= 15 is 0 Å². The highest BCUT2D eigenvalue weighted by atomic mass is 32.2. The summed E-state index contributed by atoms with van der Waals surface area (Å²) in [6.07, 6.45) is 4.18. The van der Waals surface area contributed by atoms with E-state index in [0.717, 1.165) is 17.0 Å². The Bertz CT molecular complexity index is 1050. The van der Waals surface area contributed by atoms with Gasteiger partial charge in [0.1, 0.15) is 0 Å². The summed E-state index contributed by atoms with van der Waals surface area (Å²) in [5.74, 6) is -0.317. The molecule has 0 saturated heterocycles. The van der Waals surface area contributed by atoms with Crippen LogP contribution in [0.4, 0.5) is 5.13 Å². The minimum atomic E-state index is -3.27. The van der Waals surface area contributed by atoms with E-state index in [-0.39, 0.29) is 10.8 Å².